The van der Waals surface area contributed by atoms with Gasteiger partial charge in [-0.1, -0.05) is 30.3 Å². The van der Waals surface area contributed by atoms with Crippen molar-refractivity contribution in [3.05, 3.63) is 65.7 Å². The van der Waals surface area contributed by atoms with Gasteiger partial charge in [-0.25, -0.2) is 0 Å². The van der Waals surface area contributed by atoms with Crippen LogP contribution in [0.1, 0.15) is 29.8 Å². The van der Waals surface area contributed by atoms with Gasteiger partial charge in [0.2, 0.25) is 0 Å². The number of carbonyl (C=O) groups excluding carboxylic acids is 1. The quantitative estimate of drug-likeness (QED) is 0.776. The molecule has 0 saturated carbocycles. The third kappa shape index (κ3) is 6.00. The molecule has 25 heavy (non-hydrogen) atoms. The van der Waals surface area contributed by atoms with Gasteiger partial charge >= 0.3 is 0 Å². The summed E-state index contributed by atoms with van der Waals surface area (Å²) in [6.07, 6.45) is 0. The maximum Gasteiger partial charge on any atom is 0.193 e. The summed E-state index contributed by atoms with van der Waals surface area (Å²) in [6, 6.07) is 17.2. The predicted octanol–water partition coefficient (Wildman–Crippen LogP) is 3.80. The predicted molar refractivity (Wildman–Crippen MR) is 102 cm³/mol. The van der Waals surface area contributed by atoms with Crippen molar-refractivity contribution in [1.29, 1.82) is 0 Å². The Morgan fingerprint density at radius 1 is 0.920 bits per heavy atom. The Bertz CT molecular complexity index is 617. The highest BCUT2D eigenvalue weighted by Crippen LogP contribution is 2.18. The minimum absolute atomic E-state index is 0.0686. The maximum absolute atomic E-state index is 12.3. The number of rotatable bonds is 5. The van der Waals surface area contributed by atoms with E-state index < -0.39 is 0 Å². The van der Waals surface area contributed by atoms with Crippen LogP contribution in [0.4, 0.5) is 5.69 Å². The molecule has 4 heteroatoms. The SMILES string of the molecule is CCOCC.O=C(c1ccccc1)c1ccc(N2CCOCC2)cc1. The number of carbonyl (C=O) groups is 1. The van der Waals surface area contributed by atoms with Crippen LogP contribution in [0.25, 0.3) is 0 Å². The first kappa shape index (κ1) is 19.2. The van der Waals surface area contributed by atoms with Crippen molar-refractivity contribution in [1.82, 2.24) is 0 Å². The summed E-state index contributed by atoms with van der Waals surface area (Å²) in [5.41, 5.74) is 2.61. The summed E-state index contributed by atoms with van der Waals surface area (Å²) in [4.78, 5) is 14.6. The summed E-state index contributed by atoms with van der Waals surface area (Å²) >= 11 is 0. The summed E-state index contributed by atoms with van der Waals surface area (Å²) in [5, 5.41) is 0. The average Bonchev–Trinajstić information content (AvgIpc) is 2.70. The molecule has 4 nitrogen and oxygen atoms in total. The van der Waals surface area contributed by atoms with Gasteiger partial charge < -0.3 is 14.4 Å². The molecular weight excluding hydrogens is 314 g/mol. The summed E-state index contributed by atoms with van der Waals surface area (Å²) < 4.78 is 10.2. The smallest absolute Gasteiger partial charge is 0.193 e. The fourth-order valence-electron chi connectivity index (χ4n) is 2.61. The number of anilines is 1. The molecule has 0 spiro atoms. The maximum atomic E-state index is 12.3. The zero-order valence-electron chi connectivity index (χ0n) is 15.1. The van der Waals surface area contributed by atoms with E-state index in [-0.39, 0.29) is 5.78 Å². The molecule has 3 rings (SSSR count). The third-order valence-corrected chi connectivity index (χ3v) is 3.95. The molecule has 1 heterocycles. The Kier molecular flexibility index (Phi) is 8.16. The Labute approximate surface area is 150 Å². The van der Waals surface area contributed by atoms with E-state index in [0.717, 1.165) is 56.3 Å². The Hall–Kier alpha value is -2.17. The molecule has 0 bridgehead atoms. The van der Waals surface area contributed by atoms with Gasteiger partial charge in [0.15, 0.2) is 5.78 Å². The van der Waals surface area contributed by atoms with Crippen LogP contribution in [-0.2, 0) is 9.47 Å². The van der Waals surface area contributed by atoms with E-state index in [4.69, 9.17) is 9.47 Å². The zero-order valence-corrected chi connectivity index (χ0v) is 15.1. The van der Waals surface area contributed by atoms with Crippen molar-refractivity contribution >= 4 is 11.5 Å². The van der Waals surface area contributed by atoms with Crippen LogP contribution in [0, 0.1) is 0 Å². The van der Waals surface area contributed by atoms with Gasteiger partial charge in [0.1, 0.15) is 0 Å². The number of morpholine rings is 1. The lowest BCUT2D eigenvalue weighted by Crippen LogP contribution is -2.36. The molecule has 0 aliphatic carbocycles. The second-order valence-corrected chi connectivity index (χ2v) is 5.62. The second kappa shape index (κ2) is 10.6. The fourth-order valence-corrected chi connectivity index (χ4v) is 2.61. The molecular formula is C21H27NO3. The average molecular weight is 341 g/mol. The first-order valence-electron chi connectivity index (χ1n) is 8.86. The first-order valence-corrected chi connectivity index (χ1v) is 8.86. The summed E-state index contributed by atoms with van der Waals surface area (Å²) in [6.45, 7) is 9.02. The van der Waals surface area contributed by atoms with Crippen LogP contribution in [0.3, 0.4) is 0 Å². The first-order chi connectivity index (χ1) is 12.3. The highest BCUT2D eigenvalue weighted by molar-refractivity contribution is 6.09. The van der Waals surface area contributed by atoms with Gasteiger partial charge in [-0.2, -0.15) is 0 Å². The molecule has 0 aromatic heterocycles. The molecule has 1 fully saturated rings. The van der Waals surface area contributed by atoms with Gasteiger partial charge in [-0.3, -0.25) is 4.79 Å². The van der Waals surface area contributed by atoms with E-state index >= 15 is 0 Å². The molecule has 0 radical (unpaired) electrons. The van der Waals surface area contributed by atoms with Gasteiger partial charge in [-0.15, -0.1) is 0 Å². The van der Waals surface area contributed by atoms with Gasteiger partial charge in [0, 0.05) is 43.1 Å². The van der Waals surface area contributed by atoms with Crippen molar-refractivity contribution in [3.8, 4) is 0 Å². The van der Waals surface area contributed by atoms with Crippen LogP contribution in [0.15, 0.2) is 54.6 Å². The van der Waals surface area contributed by atoms with Crippen LogP contribution < -0.4 is 4.90 Å². The number of hydrogen-bond acceptors (Lipinski definition) is 4. The lowest BCUT2D eigenvalue weighted by molar-refractivity contribution is 0.103. The number of hydrogen-bond donors (Lipinski definition) is 0. The van der Waals surface area contributed by atoms with Crippen LogP contribution >= 0.6 is 0 Å². The van der Waals surface area contributed by atoms with Crippen molar-refractivity contribution in [3.63, 3.8) is 0 Å². The van der Waals surface area contributed by atoms with Crippen LogP contribution in [0.2, 0.25) is 0 Å². The van der Waals surface area contributed by atoms with Gasteiger partial charge in [0.25, 0.3) is 0 Å². The number of benzene rings is 2. The van der Waals surface area contributed by atoms with Crippen molar-refractivity contribution in [2.24, 2.45) is 0 Å². The molecule has 2 aromatic carbocycles. The number of ketones is 1. The molecule has 2 aromatic rings. The van der Waals surface area contributed by atoms with Gasteiger partial charge in [-0.05, 0) is 38.1 Å². The standard InChI is InChI=1S/C17H17NO2.C4H10O/c19-17(14-4-2-1-3-5-14)15-6-8-16(9-7-15)18-10-12-20-13-11-18;1-3-5-4-2/h1-9H,10-13H2;3-4H2,1-2H3. The van der Waals surface area contributed by atoms with E-state index in [1.807, 2.05) is 68.4 Å². The largest absolute Gasteiger partial charge is 0.382 e. The van der Waals surface area contributed by atoms with Gasteiger partial charge in [0.05, 0.1) is 13.2 Å². The Balaban J connectivity index is 0.000000399. The molecule has 1 aliphatic rings. The van der Waals surface area contributed by atoms with E-state index in [1.165, 1.54) is 0 Å². The molecule has 0 atom stereocenters. The summed E-state index contributed by atoms with van der Waals surface area (Å²) in [7, 11) is 0. The van der Waals surface area contributed by atoms with Crippen LogP contribution in [0.5, 0.6) is 0 Å². The Morgan fingerprint density at radius 3 is 2.00 bits per heavy atom. The number of nitrogens with zero attached hydrogens (tertiary/aromatic N) is 1. The molecule has 0 N–H and O–H groups in total. The fraction of sp³-hybridized carbons (Fsp3) is 0.381. The molecule has 0 amide bonds. The van der Waals surface area contributed by atoms with Crippen molar-refractivity contribution in [2.45, 2.75) is 13.8 Å². The minimum atomic E-state index is 0.0686. The second-order valence-electron chi connectivity index (χ2n) is 5.62. The molecule has 0 unspecified atom stereocenters. The molecule has 134 valence electrons. The summed E-state index contributed by atoms with van der Waals surface area (Å²) in [5.74, 6) is 0.0686. The van der Waals surface area contributed by atoms with E-state index in [2.05, 4.69) is 4.90 Å². The van der Waals surface area contributed by atoms with E-state index in [1.54, 1.807) is 0 Å². The lowest BCUT2D eigenvalue weighted by atomic mass is 10.0. The topological polar surface area (TPSA) is 38.8 Å². The van der Waals surface area contributed by atoms with E-state index in [9.17, 15) is 4.79 Å². The zero-order chi connectivity index (χ0) is 17.9. The molecule has 1 saturated heterocycles. The number of ether oxygens (including phenoxy) is 2. The third-order valence-electron chi connectivity index (χ3n) is 3.95. The van der Waals surface area contributed by atoms with Crippen molar-refractivity contribution in [2.75, 3.05) is 44.4 Å². The monoisotopic (exact) mass is 341 g/mol. The van der Waals surface area contributed by atoms with E-state index in [0.29, 0.717) is 0 Å². The lowest BCUT2D eigenvalue weighted by Gasteiger charge is -2.28. The highest BCUT2D eigenvalue weighted by atomic mass is 16.5. The molecule has 1 aliphatic heterocycles. The normalized spacial score (nSPS) is 13.8. The highest BCUT2D eigenvalue weighted by Gasteiger charge is 2.12. The van der Waals surface area contributed by atoms with Crippen molar-refractivity contribution < 1.29 is 14.3 Å². The van der Waals surface area contributed by atoms with Crippen LogP contribution in [-0.4, -0.2) is 45.3 Å². The minimum Gasteiger partial charge on any atom is -0.382 e. The Morgan fingerprint density at radius 2 is 1.48 bits per heavy atom.